The van der Waals surface area contributed by atoms with Crippen LogP contribution in [0.5, 0.6) is 0 Å². The smallest absolute Gasteiger partial charge is 0.265 e. The van der Waals surface area contributed by atoms with Crippen LogP contribution < -0.4 is 10.5 Å². The number of benzene rings is 1. The number of nitrogens with one attached hydrogen (secondary N) is 1. The SMILES string of the molecule is Nc1ccncc1S(=O)(=O)Nc1c(Cl)cc(Cl)cc1Cl. The average molecular weight is 353 g/mol. The highest BCUT2D eigenvalue weighted by Crippen LogP contribution is 2.35. The first kappa shape index (κ1) is 15.2. The number of nitrogens with zero attached hydrogens (tertiary/aromatic N) is 1. The Morgan fingerprint density at radius 2 is 1.75 bits per heavy atom. The van der Waals surface area contributed by atoms with Crippen LogP contribution in [-0.2, 0) is 10.0 Å². The van der Waals surface area contributed by atoms with Gasteiger partial charge in [-0.3, -0.25) is 9.71 Å². The van der Waals surface area contributed by atoms with Gasteiger partial charge < -0.3 is 5.73 Å². The molecule has 0 atom stereocenters. The molecule has 106 valence electrons. The van der Waals surface area contributed by atoms with Gasteiger partial charge in [0.25, 0.3) is 10.0 Å². The molecule has 0 radical (unpaired) electrons. The molecule has 1 aromatic carbocycles. The summed E-state index contributed by atoms with van der Waals surface area (Å²) in [5, 5.41) is 0.450. The van der Waals surface area contributed by atoms with Gasteiger partial charge in [0.05, 0.1) is 21.4 Å². The van der Waals surface area contributed by atoms with Crippen LogP contribution in [0.25, 0.3) is 0 Å². The maximum Gasteiger partial charge on any atom is 0.265 e. The lowest BCUT2D eigenvalue weighted by atomic mass is 10.3. The number of sulfonamides is 1. The van der Waals surface area contributed by atoms with Crippen molar-refractivity contribution in [2.75, 3.05) is 10.5 Å². The minimum atomic E-state index is -3.95. The first-order valence-corrected chi connectivity index (χ1v) is 7.80. The van der Waals surface area contributed by atoms with Gasteiger partial charge in [-0.1, -0.05) is 34.8 Å². The third-order valence-corrected chi connectivity index (χ3v) is 4.56. The second-order valence-corrected chi connectivity index (χ2v) is 6.67. The summed E-state index contributed by atoms with van der Waals surface area (Å²) in [6, 6.07) is 4.12. The van der Waals surface area contributed by atoms with Gasteiger partial charge in [-0.05, 0) is 18.2 Å². The van der Waals surface area contributed by atoms with Crippen LogP contribution in [0.4, 0.5) is 11.4 Å². The van der Waals surface area contributed by atoms with Crippen LogP contribution in [0, 0.1) is 0 Å². The maximum atomic E-state index is 12.2. The van der Waals surface area contributed by atoms with Crippen molar-refractivity contribution in [1.82, 2.24) is 4.98 Å². The van der Waals surface area contributed by atoms with Crippen LogP contribution in [0.3, 0.4) is 0 Å². The molecule has 0 spiro atoms. The molecule has 1 heterocycles. The van der Waals surface area contributed by atoms with Gasteiger partial charge in [0.15, 0.2) is 0 Å². The van der Waals surface area contributed by atoms with Crippen LogP contribution >= 0.6 is 34.8 Å². The van der Waals surface area contributed by atoms with E-state index in [0.717, 1.165) is 6.20 Å². The van der Waals surface area contributed by atoms with E-state index in [-0.39, 0.29) is 26.3 Å². The second kappa shape index (κ2) is 5.65. The topological polar surface area (TPSA) is 85.1 Å². The van der Waals surface area contributed by atoms with E-state index in [1.165, 1.54) is 24.4 Å². The van der Waals surface area contributed by atoms with Crippen molar-refractivity contribution in [1.29, 1.82) is 0 Å². The summed E-state index contributed by atoms with van der Waals surface area (Å²) >= 11 is 17.6. The number of rotatable bonds is 3. The Hall–Kier alpha value is -1.21. The van der Waals surface area contributed by atoms with Gasteiger partial charge in [-0.2, -0.15) is 0 Å². The third-order valence-electron chi connectivity index (χ3n) is 2.35. The lowest BCUT2D eigenvalue weighted by Crippen LogP contribution is -2.15. The highest BCUT2D eigenvalue weighted by atomic mass is 35.5. The fourth-order valence-corrected chi connectivity index (χ4v) is 3.64. The summed E-state index contributed by atoms with van der Waals surface area (Å²) in [6.07, 6.45) is 2.52. The van der Waals surface area contributed by atoms with E-state index in [1.807, 2.05) is 0 Å². The zero-order valence-electron chi connectivity index (χ0n) is 9.77. The fraction of sp³-hybridized carbons (Fsp3) is 0. The molecule has 0 aliphatic carbocycles. The van der Waals surface area contributed by atoms with E-state index in [1.54, 1.807) is 0 Å². The fourth-order valence-electron chi connectivity index (χ4n) is 1.44. The average Bonchev–Trinajstić information content (AvgIpc) is 2.34. The standard InChI is InChI=1S/C11H8Cl3N3O2S/c12-6-3-7(13)11(8(14)4-6)17-20(18,19)10-5-16-2-1-9(10)15/h1-5,17H,(H2,15,16). The number of nitrogen functional groups attached to an aromatic ring is 1. The van der Waals surface area contributed by atoms with Gasteiger partial charge in [-0.25, -0.2) is 8.42 Å². The predicted molar refractivity (Wildman–Crippen MR) is 80.9 cm³/mol. The molecule has 0 aliphatic rings. The van der Waals surface area contributed by atoms with Crippen molar-refractivity contribution in [2.24, 2.45) is 0 Å². The molecule has 2 rings (SSSR count). The summed E-state index contributed by atoms with van der Waals surface area (Å²) < 4.78 is 26.7. The lowest BCUT2D eigenvalue weighted by molar-refractivity contribution is 0.601. The number of hydrogen-bond donors (Lipinski definition) is 2. The normalized spacial score (nSPS) is 11.3. The van der Waals surface area contributed by atoms with Gasteiger partial charge in [0.2, 0.25) is 0 Å². The molecule has 0 saturated heterocycles. The first-order valence-electron chi connectivity index (χ1n) is 5.18. The first-order chi connectivity index (χ1) is 9.31. The molecule has 0 fully saturated rings. The number of halogens is 3. The Bertz CT molecular complexity index is 742. The van der Waals surface area contributed by atoms with E-state index in [9.17, 15) is 8.42 Å². The van der Waals surface area contributed by atoms with Crippen LogP contribution in [0.2, 0.25) is 15.1 Å². The molecule has 3 N–H and O–H groups in total. The monoisotopic (exact) mass is 351 g/mol. The van der Waals surface area contributed by atoms with E-state index in [0.29, 0.717) is 5.02 Å². The maximum absolute atomic E-state index is 12.2. The Labute approximate surface area is 130 Å². The zero-order valence-corrected chi connectivity index (χ0v) is 12.9. The number of anilines is 2. The van der Waals surface area contributed by atoms with Crippen LogP contribution in [0.15, 0.2) is 35.5 Å². The third kappa shape index (κ3) is 3.09. The van der Waals surface area contributed by atoms with Gasteiger partial charge >= 0.3 is 0 Å². The Morgan fingerprint density at radius 3 is 2.30 bits per heavy atom. The number of nitrogens with two attached hydrogens (primary N) is 1. The van der Waals surface area contributed by atoms with E-state index >= 15 is 0 Å². The minimum absolute atomic E-state index is 0.0287. The Balaban J connectivity index is 2.47. The van der Waals surface area contributed by atoms with Crippen molar-refractivity contribution in [3.63, 3.8) is 0 Å². The molecule has 9 heteroatoms. The minimum Gasteiger partial charge on any atom is -0.398 e. The van der Waals surface area contributed by atoms with Crippen molar-refractivity contribution in [2.45, 2.75) is 4.90 Å². The van der Waals surface area contributed by atoms with Crippen molar-refractivity contribution < 1.29 is 8.42 Å². The van der Waals surface area contributed by atoms with Gasteiger partial charge in [0, 0.05) is 17.4 Å². The molecule has 0 saturated carbocycles. The van der Waals surface area contributed by atoms with E-state index in [2.05, 4.69) is 9.71 Å². The van der Waals surface area contributed by atoms with Crippen LogP contribution in [-0.4, -0.2) is 13.4 Å². The summed E-state index contributed by atoms with van der Waals surface area (Å²) in [6.45, 7) is 0. The summed E-state index contributed by atoms with van der Waals surface area (Å²) in [5.41, 5.74) is 5.71. The largest absolute Gasteiger partial charge is 0.398 e. The molecule has 0 amide bonds. The second-order valence-electron chi connectivity index (χ2n) is 3.76. The number of hydrogen-bond acceptors (Lipinski definition) is 4. The molecule has 1 aromatic heterocycles. The highest BCUT2D eigenvalue weighted by molar-refractivity contribution is 7.93. The number of aromatic nitrogens is 1. The van der Waals surface area contributed by atoms with Crippen LogP contribution in [0.1, 0.15) is 0 Å². The summed E-state index contributed by atoms with van der Waals surface area (Å²) in [7, 11) is -3.95. The van der Waals surface area contributed by atoms with Gasteiger partial charge in [0.1, 0.15) is 4.90 Å². The molecule has 5 nitrogen and oxygen atoms in total. The molecular weight excluding hydrogens is 345 g/mol. The molecule has 0 unspecified atom stereocenters. The summed E-state index contributed by atoms with van der Waals surface area (Å²) in [5.74, 6) is 0. The Morgan fingerprint density at radius 1 is 1.15 bits per heavy atom. The molecule has 2 aromatic rings. The highest BCUT2D eigenvalue weighted by Gasteiger charge is 2.20. The quantitative estimate of drug-likeness (QED) is 0.886. The molecule has 0 aliphatic heterocycles. The zero-order chi connectivity index (χ0) is 14.9. The van der Waals surface area contributed by atoms with Crippen molar-refractivity contribution in [3.05, 3.63) is 45.7 Å². The van der Waals surface area contributed by atoms with E-state index in [4.69, 9.17) is 40.5 Å². The summed E-state index contributed by atoms with van der Waals surface area (Å²) in [4.78, 5) is 3.56. The van der Waals surface area contributed by atoms with Gasteiger partial charge in [-0.15, -0.1) is 0 Å². The lowest BCUT2D eigenvalue weighted by Gasteiger charge is -2.12. The van der Waals surface area contributed by atoms with E-state index < -0.39 is 10.0 Å². The van der Waals surface area contributed by atoms with Crippen molar-refractivity contribution in [3.8, 4) is 0 Å². The van der Waals surface area contributed by atoms with Crippen molar-refractivity contribution >= 4 is 56.2 Å². The Kier molecular flexibility index (Phi) is 4.29. The predicted octanol–water partition coefficient (Wildman–Crippen LogP) is 3.42. The molecule has 0 bridgehead atoms. The molecule has 20 heavy (non-hydrogen) atoms. The number of pyridine rings is 1. The molecular formula is C11H8Cl3N3O2S.